The minimum atomic E-state index is 0.761. The van der Waals surface area contributed by atoms with Crippen LogP contribution in [0.4, 0.5) is 5.69 Å². The van der Waals surface area contributed by atoms with Gasteiger partial charge in [-0.15, -0.1) is 0 Å². The average molecular weight is 279 g/mol. The number of rotatable bonds is 4. The van der Waals surface area contributed by atoms with Crippen molar-refractivity contribution in [3.63, 3.8) is 0 Å². The van der Waals surface area contributed by atoms with Crippen molar-refractivity contribution in [2.45, 2.75) is 33.1 Å². The monoisotopic (exact) mass is 279 g/mol. The minimum Gasteiger partial charge on any atom is -0.399 e. The van der Waals surface area contributed by atoms with Gasteiger partial charge in [0.15, 0.2) is 0 Å². The van der Waals surface area contributed by atoms with Gasteiger partial charge in [-0.3, -0.25) is 4.57 Å². The number of imidazole rings is 1. The number of fused-ring (bicyclic) bond motifs is 1. The smallest absolute Gasteiger partial charge is 0.114 e. The second kappa shape index (κ2) is 5.60. The summed E-state index contributed by atoms with van der Waals surface area (Å²) in [6.07, 6.45) is 3.11. The third-order valence-corrected chi connectivity index (χ3v) is 3.82. The Balaban J connectivity index is 2.29. The topological polar surface area (TPSA) is 43.8 Å². The Morgan fingerprint density at radius 3 is 2.67 bits per heavy atom. The molecule has 2 aromatic carbocycles. The lowest BCUT2D eigenvalue weighted by atomic mass is 10.1. The van der Waals surface area contributed by atoms with E-state index in [0.717, 1.165) is 41.8 Å². The van der Waals surface area contributed by atoms with Gasteiger partial charge < -0.3 is 5.73 Å². The molecule has 0 spiro atoms. The zero-order chi connectivity index (χ0) is 14.8. The summed E-state index contributed by atoms with van der Waals surface area (Å²) in [6, 6.07) is 14.6. The third-order valence-electron chi connectivity index (χ3n) is 3.82. The van der Waals surface area contributed by atoms with Gasteiger partial charge in [0, 0.05) is 12.1 Å². The van der Waals surface area contributed by atoms with E-state index in [9.17, 15) is 0 Å². The molecule has 3 nitrogen and oxygen atoms in total. The van der Waals surface area contributed by atoms with Gasteiger partial charge in [0.05, 0.1) is 16.7 Å². The molecule has 0 bridgehead atoms. The van der Waals surface area contributed by atoms with E-state index in [1.807, 2.05) is 12.1 Å². The first-order chi connectivity index (χ1) is 10.2. The fraction of sp³-hybridized carbons (Fsp3) is 0.278. The standard InChI is InChI=1S/C18H21N3/c1-3-7-13-8-5-6-9-16(13)21-17-11-10-14(19)12-15(17)20-18(21)4-2/h5-6,8-12H,3-4,7,19H2,1-2H3. The Hall–Kier alpha value is -2.29. The molecule has 3 heteroatoms. The van der Waals surface area contributed by atoms with Crippen LogP contribution in [0.2, 0.25) is 0 Å². The normalized spacial score (nSPS) is 11.1. The van der Waals surface area contributed by atoms with Crippen LogP contribution in [-0.2, 0) is 12.8 Å². The van der Waals surface area contributed by atoms with E-state index in [4.69, 9.17) is 10.7 Å². The SMILES string of the molecule is CCCc1ccccc1-n1c(CC)nc2cc(N)ccc21. The number of nitrogens with two attached hydrogens (primary N) is 1. The predicted molar refractivity (Wildman–Crippen MR) is 88.9 cm³/mol. The summed E-state index contributed by atoms with van der Waals surface area (Å²) in [4.78, 5) is 4.75. The molecule has 21 heavy (non-hydrogen) atoms. The number of benzene rings is 2. The molecule has 0 saturated heterocycles. The molecule has 3 aromatic rings. The molecule has 0 aliphatic heterocycles. The number of hydrogen-bond acceptors (Lipinski definition) is 2. The van der Waals surface area contributed by atoms with E-state index in [2.05, 4.69) is 48.7 Å². The van der Waals surface area contributed by atoms with Crippen molar-refractivity contribution in [3.05, 3.63) is 53.9 Å². The van der Waals surface area contributed by atoms with E-state index in [1.165, 1.54) is 11.3 Å². The number of hydrogen-bond donors (Lipinski definition) is 1. The number of aryl methyl sites for hydroxylation is 2. The first-order valence-electron chi connectivity index (χ1n) is 7.59. The molecule has 0 fully saturated rings. The van der Waals surface area contributed by atoms with E-state index >= 15 is 0 Å². The molecule has 0 aliphatic rings. The summed E-state index contributed by atoms with van der Waals surface area (Å²) >= 11 is 0. The van der Waals surface area contributed by atoms with Crippen LogP contribution < -0.4 is 5.73 Å². The predicted octanol–water partition coefficient (Wildman–Crippen LogP) is 4.12. The molecule has 1 aromatic heterocycles. The summed E-state index contributed by atoms with van der Waals surface area (Å²) in [7, 11) is 0. The lowest BCUT2D eigenvalue weighted by Gasteiger charge is -2.13. The molecule has 1 heterocycles. The highest BCUT2D eigenvalue weighted by Crippen LogP contribution is 2.26. The van der Waals surface area contributed by atoms with Gasteiger partial charge >= 0.3 is 0 Å². The third kappa shape index (κ3) is 2.40. The molecule has 0 saturated carbocycles. The fourth-order valence-corrected chi connectivity index (χ4v) is 2.86. The second-order valence-electron chi connectivity index (χ2n) is 5.34. The maximum absolute atomic E-state index is 5.89. The minimum absolute atomic E-state index is 0.761. The van der Waals surface area contributed by atoms with E-state index in [-0.39, 0.29) is 0 Å². The van der Waals surface area contributed by atoms with Crippen LogP contribution in [0.5, 0.6) is 0 Å². The lowest BCUT2D eigenvalue weighted by molar-refractivity contribution is 0.868. The van der Waals surface area contributed by atoms with Crippen LogP contribution in [-0.4, -0.2) is 9.55 Å². The van der Waals surface area contributed by atoms with Crippen LogP contribution in [0, 0.1) is 0 Å². The van der Waals surface area contributed by atoms with Crippen molar-refractivity contribution in [1.82, 2.24) is 9.55 Å². The maximum Gasteiger partial charge on any atom is 0.114 e. The molecule has 0 amide bonds. The molecular weight excluding hydrogens is 258 g/mol. The van der Waals surface area contributed by atoms with Gasteiger partial charge in [-0.1, -0.05) is 38.5 Å². The molecule has 108 valence electrons. The maximum atomic E-state index is 5.89. The lowest BCUT2D eigenvalue weighted by Crippen LogP contribution is -2.03. The summed E-state index contributed by atoms with van der Waals surface area (Å²) < 4.78 is 2.28. The highest BCUT2D eigenvalue weighted by Gasteiger charge is 2.13. The van der Waals surface area contributed by atoms with Crippen LogP contribution in [0.1, 0.15) is 31.7 Å². The number of nitrogen functional groups attached to an aromatic ring is 1. The molecular formula is C18H21N3. The molecule has 0 atom stereocenters. The Labute approximate surface area is 125 Å². The summed E-state index contributed by atoms with van der Waals surface area (Å²) in [5.41, 5.74) is 11.4. The second-order valence-corrected chi connectivity index (χ2v) is 5.34. The van der Waals surface area contributed by atoms with Crippen molar-refractivity contribution >= 4 is 16.7 Å². The van der Waals surface area contributed by atoms with Gasteiger partial charge in [0.2, 0.25) is 0 Å². The fourth-order valence-electron chi connectivity index (χ4n) is 2.86. The van der Waals surface area contributed by atoms with Crippen molar-refractivity contribution in [3.8, 4) is 5.69 Å². The number of nitrogens with zero attached hydrogens (tertiary/aromatic N) is 2. The van der Waals surface area contributed by atoms with Gasteiger partial charge in [0.25, 0.3) is 0 Å². The summed E-state index contributed by atoms with van der Waals surface area (Å²) in [5.74, 6) is 1.08. The quantitative estimate of drug-likeness (QED) is 0.730. The van der Waals surface area contributed by atoms with Crippen LogP contribution >= 0.6 is 0 Å². The summed E-state index contributed by atoms with van der Waals surface area (Å²) in [5, 5.41) is 0. The van der Waals surface area contributed by atoms with E-state index in [1.54, 1.807) is 0 Å². The Bertz CT molecular complexity index is 771. The molecule has 0 unspecified atom stereocenters. The van der Waals surface area contributed by atoms with Gasteiger partial charge in [-0.2, -0.15) is 0 Å². The zero-order valence-corrected chi connectivity index (χ0v) is 12.6. The van der Waals surface area contributed by atoms with Crippen molar-refractivity contribution < 1.29 is 0 Å². The highest BCUT2D eigenvalue weighted by atomic mass is 15.1. The summed E-state index contributed by atoms with van der Waals surface area (Å²) in [6.45, 7) is 4.35. The van der Waals surface area contributed by atoms with Crippen LogP contribution in [0.25, 0.3) is 16.7 Å². The first-order valence-corrected chi connectivity index (χ1v) is 7.59. The largest absolute Gasteiger partial charge is 0.399 e. The molecule has 3 rings (SSSR count). The van der Waals surface area contributed by atoms with Crippen LogP contribution in [0.15, 0.2) is 42.5 Å². The Kier molecular flexibility index (Phi) is 3.65. The van der Waals surface area contributed by atoms with E-state index in [0.29, 0.717) is 0 Å². The Morgan fingerprint density at radius 2 is 1.90 bits per heavy atom. The van der Waals surface area contributed by atoms with Crippen molar-refractivity contribution in [1.29, 1.82) is 0 Å². The number of para-hydroxylation sites is 1. The number of anilines is 1. The zero-order valence-electron chi connectivity index (χ0n) is 12.6. The Morgan fingerprint density at radius 1 is 1.10 bits per heavy atom. The molecule has 0 aliphatic carbocycles. The average Bonchev–Trinajstić information content (AvgIpc) is 2.85. The molecule has 2 N–H and O–H groups in total. The van der Waals surface area contributed by atoms with Gasteiger partial charge in [-0.05, 0) is 36.2 Å². The van der Waals surface area contributed by atoms with Crippen LogP contribution in [0.3, 0.4) is 0 Å². The van der Waals surface area contributed by atoms with Gasteiger partial charge in [0.1, 0.15) is 5.82 Å². The van der Waals surface area contributed by atoms with Crippen molar-refractivity contribution in [2.75, 3.05) is 5.73 Å². The first kappa shape index (κ1) is 13.7. The van der Waals surface area contributed by atoms with E-state index < -0.39 is 0 Å². The highest BCUT2D eigenvalue weighted by molar-refractivity contribution is 5.81. The van der Waals surface area contributed by atoms with Crippen molar-refractivity contribution in [2.24, 2.45) is 0 Å². The number of aromatic nitrogens is 2. The van der Waals surface area contributed by atoms with Gasteiger partial charge in [-0.25, -0.2) is 4.98 Å². The molecule has 0 radical (unpaired) electrons.